The van der Waals surface area contributed by atoms with Crippen molar-refractivity contribution >= 4 is 11.8 Å². The van der Waals surface area contributed by atoms with Crippen molar-refractivity contribution in [3.05, 3.63) is 35.4 Å². The summed E-state index contributed by atoms with van der Waals surface area (Å²) < 4.78 is 4.67. The fourth-order valence-electron chi connectivity index (χ4n) is 1.59. The summed E-state index contributed by atoms with van der Waals surface area (Å²) in [7, 11) is 1.31. The molecule has 0 aliphatic heterocycles. The van der Waals surface area contributed by atoms with Gasteiger partial charge in [-0.15, -0.1) is 0 Å². The van der Waals surface area contributed by atoms with Crippen LogP contribution in [0.25, 0.3) is 0 Å². The van der Waals surface area contributed by atoms with E-state index in [-0.39, 0.29) is 11.2 Å². The highest BCUT2D eigenvalue weighted by molar-refractivity contribution is 6.06. The Labute approximate surface area is 102 Å². The van der Waals surface area contributed by atoms with Crippen molar-refractivity contribution in [1.82, 2.24) is 0 Å². The van der Waals surface area contributed by atoms with Gasteiger partial charge in [0.05, 0.1) is 12.7 Å². The molecule has 17 heavy (non-hydrogen) atoms. The Bertz CT molecular complexity index is 427. The molecule has 1 rings (SSSR count). The minimum Gasteiger partial charge on any atom is -0.465 e. The fraction of sp³-hybridized carbons (Fsp3) is 0.429. The number of carbonyl (C=O) groups excluding carboxylic acids is 2. The largest absolute Gasteiger partial charge is 0.465 e. The first-order chi connectivity index (χ1) is 7.85. The molecule has 3 nitrogen and oxygen atoms in total. The van der Waals surface area contributed by atoms with E-state index in [4.69, 9.17) is 0 Å². The number of carbonyl (C=O) groups is 2. The second kappa shape index (κ2) is 5.13. The van der Waals surface area contributed by atoms with Gasteiger partial charge in [0.1, 0.15) is 0 Å². The number of hydrogen-bond acceptors (Lipinski definition) is 3. The molecule has 1 aromatic carbocycles. The first-order valence-electron chi connectivity index (χ1n) is 5.56. The third-order valence-electron chi connectivity index (χ3n) is 2.32. The second-order valence-electron chi connectivity index (χ2n) is 5.20. The fourth-order valence-corrected chi connectivity index (χ4v) is 1.59. The van der Waals surface area contributed by atoms with Crippen LogP contribution in [0.15, 0.2) is 24.3 Å². The zero-order valence-corrected chi connectivity index (χ0v) is 10.7. The Morgan fingerprint density at radius 1 is 1.12 bits per heavy atom. The molecule has 0 spiro atoms. The molecule has 0 N–H and O–H groups in total. The number of hydrogen-bond donors (Lipinski definition) is 0. The maximum absolute atomic E-state index is 12.1. The Kier molecular flexibility index (Phi) is 4.05. The van der Waals surface area contributed by atoms with E-state index >= 15 is 0 Å². The number of rotatable bonds is 3. The monoisotopic (exact) mass is 234 g/mol. The molecule has 0 saturated heterocycles. The number of methoxy groups -OCH3 is 1. The van der Waals surface area contributed by atoms with Crippen LogP contribution in [0, 0.1) is 5.41 Å². The molecule has 1 aromatic rings. The molecule has 0 unspecified atom stereocenters. The van der Waals surface area contributed by atoms with E-state index in [0.29, 0.717) is 17.5 Å². The number of ketones is 1. The summed E-state index contributed by atoms with van der Waals surface area (Å²) in [4.78, 5) is 23.6. The van der Waals surface area contributed by atoms with E-state index in [1.807, 2.05) is 20.8 Å². The van der Waals surface area contributed by atoms with Crippen molar-refractivity contribution in [3.8, 4) is 0 Å². The Morgan fingerprint density at radius 2 is 1.65 bits per heavy atom. The predicted octanol–water partition coefficient (Wildman–Crippen LogP) is 3.09. The third kappa shape index (κ3) is 3.70. The molecule has 0 heterocycles. The number of ether oxygens (including phenoxy) is 1. The maximum atomic E-state index is 12.1. The van der Waals surface area contributed by atoms with Gasteiger partial charge in [-0.25, -0.2) is 4.79 Å². The smallest absolute Gasteiger partial charge is 0.338 e. The molecule has 0 bridgehead atoms. The van der Waals surface area contributed by atoms with Crippen LogP contribution in [-0.2, 0) is 4.74 Å². The highest BCUT2D eigenvalue weighted by Gasteiger charge is 2.21. The van der Waals surface area contributed by atoms with Gasteiger partial charge in [-0.2, -0.15) is 0 Å². The van der Waals surface area contributed by atoms with Crippen molar-refractivity contribution in [3.63, 3.8) is 0 Å². The highest BCUT2D eigenvalue weighted by atomic mass is 16.5. The average molecular weight is 234 g/mol. The maximum Gasteiger partial charge on any atom is 0.338 e. The lowest BCUT2D eigenvalue weighted by molar-refractivity contribution is 0.0596. The van der Waals surface area contributed by atoms with E-state index in [1.54, 1.807) is 24.3 Å². The molecular weight excluding hydrogens is 216 g/mol. The minimum atomic E-state index is -0.470. The number of esters is 1. The quantitative estimate of drug-likeness (QED) is 0.596. The topological polar surface area (TPSA) is 43.4 Å². The minimum absolute atomic E-state index is 0.0292. The first kappa shape index (κ1) is 13.4. The summed E-state index contributed by atoms with van der Waals surface area (Å²) >= 11 is 0. The molecule has 0 saturated carbocycles. The van der Waals surface area contributed by atoms with Crippen LogP contribution in [-0.4, -0.2) is 18.9 Å². The molecule has 0 atom stereocenters. The summed E-state index contributed by atoms with van der Waals surface area (Å²) in [5, 5.41) is 0. The van der Waals surface area contributed by atoms with E-state index in [2.05, 4.69) is 4.74 Å². The molecule has 0 aliphatic rings. The van der Waals surface area contributed by atoms with Crippen molar-refractivity contribution < 1.29 is 14.3 Å². The van der Waals surface area contributed by atoms with Crippen LogP contribution in [0.1, 0.15) is 47.9 Å². The molecule has 0 aromatic heterocycles. The van der Waals surface area contributed by atoms with E-state index < -0.39 is 5.97 Å². The van der Waals surface area contributed by atoms with Crippen molar-refractivity contribution in [1.29, 1.82) is 0 Å². The van der Waals surface area contributed by atoms with Gasteiger partial charge in [-0.1, -0.05) is 39.0 Å². The van der Waals surface area contributed by atoms with Crippen molar-refractivity contribution in [2.24, 2.45) is 5.41 Å². The van der Waals surface area contributed by atoms with Gasteiger partial charge in [0.15, 0.2) is 5.78 Å². The molecule has 92 valence electrons. The summed E-state index contributed by atoms with van der Waals surface area (Å²) in [6.07, 6.45) is 0.404. The summed E-state index contributed by atoms with van der Waals surface area (Å²) in [6, 6.07) is 6.75. The van der Waals surface area contributed by atoms with Crippen LogP contribution in [0.5, 0.6) is 0 Å². The van der Waals surface area contributed by atoms with E-state index in [0.717, 1.165) is 0 Å². The highest BCUT2D eigenvalue weighted by Crippen LogP contribution is 2.23. The third-order valence-corrected chi connectivity index (χ3v) is 2.32. The van der Waals surface area contributed by atoms with Crippen molar-refractivity contribution in [2.45, 2.75) is 27.2 Å². The van der Waals surface area contributed by atoms with Gasteiger partial charge in [0.25, 0.3) is 0 Å². The lowest BCUT2D eigenvalue weighted by atomic mass is 9.87. The second-order valence-corrected chi connectivity index (χ2v) is 5.20. The van der Waals surface area contributed by atoms with E-state index in [9.17, 15) is 9.59 Å². The van der Waals surface area contributed by atoms with Crippen LogP contribution < -0.4 is 0 Å². The van der Waals surface area contributed by atoms with Gasteiger partial charge in [-0.05, 0) is 11.5 Å². The predicted molar refractivity (Wildman–Crippen MR) is 66.2 cm³/mol. The van der Waals surface area contributed by atoms with Gasteiger partial charge in [0, 0.05) is 12.0 Å². The molecule has 0 aliphatic carbocycles. The Balaban J connectivity index is 3.05. The average Bonchev–Trinajstić information content (AvgIpc) is 2.25. The Hall–Kier alpha value is -1.64. The lowest BCUT2D eigenvalue weighted by Gasteiger charge is -2.17. The van der Waals surface area contributed by atoms with Crippen LogP contribution in [0.4, 0.5) is 0 Å². The van der Waals surface area contributed by atoms with Gasteiger partial charge >= 0.3 is 5.97 Å². The summed E-state index contributed by atoms with van der Waals surface area (Å²) in [6.45, 7) is 5.98. The SMILES string of the molecule is COC(=O)c1ccccc1C(=O)CC(C)(C)C. The number of benzene rings is 1. The zero-order valence-electron chi connectivity index (χ0n) is 10.7. The summed E-state index contributed by atoms with van der Waals surface area (Å²) in [5.41, 5.74) is 0.680. The molecule has 0 amide bonds. The number of Topliss-reactive ketones (excluding diaryl/α,β-unsaturated/α-hetero) is 1. The van der Waals surface area contributed by atoms with Gasteiger partial charge in [-0.3, -0.25) is 4.79 Å². The zero-order chi connectivity index (χ0) is 13.1. The van der Waals surface area contributed by atoms with E-state index in [1.165, 1.54) is 7.11 Å². The molecular formula is C14H18O3. The standard InChI is InChI=1S/C14H18O3/c1-14(2,3)9-12(15)10-7-5-6-8-11(10)13(16)17-4/h5-8H,9H2,1-4H3. The lowest BCUT2D eigenvalue weighted by Crippen LogP contribution is -2.16. The molecule has 0 fully saturated rings. The van der Waals surface area contributed by atoms with Crippen molar-refractivity contribution in [2.75, 3.05) is 7.11 Å². The van der Waals surface area contributed by atoms with Crippen LogP contribution in [0.3, 0.4) is 0 Å². The molecule has 3 heteroatoms. The first-order valence-corrected chi connectivity index (χ1v) is 5.56. The molecule has 0 radical (unpaired) electrons. The Morgan fingerprint density at radius 3 is 2.12 bits per heavy atom. The van der Waals surface area contributed by atoms with Crippen LogP contribution in [0.2, 0.25) is 0 Å². The summed E-state index contributed by atoms with van der Waals surface area (Å²) in [5.74, 6) is -0.499. The normalized spacial score (nSPS) is 11.1. The van der Waals surface area contributed by atoms with Gasteiger partial charge in [0.2, 0.25) is 0 Å². The van der Waals surface area contributed by atoms with Crippen LogP contribution >= 0.6 is 0 Å². The van der Waals surface area contributed by atoms with Gasteiger partial charge < -0.3 is 4.74 Å².